The molecule has 0 saturated heterocycles. The van der Waals surface area contributed by atoms with E-state index >= 15 is 0 Å². The number of aryl methyl sites for hydroxylation is 1. The van der Waals surface area contributed by atoms with Gasteiger partial charge in [-0.3, -0.25) is 9.79 Å². The van der Waals surface area contributed by atoms with E-state index in [1.54, 1.807) is 0 Å². The smallest absolute Gasteiger partial charge is 0.207 e. The van der Waals surface area contributed by atoms with Gasteiger partial charge in [-0.05, 0) is 49.8 Å². The number of aliphatic imine (C=N–C) groups is 1. The molecule has 5 rings (SSSR count). The van der Waals surface area contributed by atoms with Crippen molar-refractivity contribution < 1.29 is 14.3 Å². The second-order valence-electron chi connectivity index (χ2n) is 8.06. The first kappa shape index (κ1) is 17.5. The Hall–Kier alpha value is -2.62. The van der Waals surface area contributed by atoms with Gasteiger partial charge in [-0.1, -0.05) is 36.8 Å². The van der Waals surface area contributed by atoms with Crippen LogP contribution < -0.4 is 9.47 Å². The van der Waals surface area contributed by atoms with E-state index in [0.29, 0.717) is 24.3 Å². The minimum atomic E-state index is -0.518. The van der Waals surface area contributed by atoms with Crippen LogP contribution >= 0.6 is 0 Å². The van der Waals surface area contributed by atoms with Crippen LogP contribution in [0.2, 0.25) is 0 Å². The zero-order chi connectivity index (χ0) is 19.1. The maximum atomic E-state index is 13.0. The average molecular weight is 375 g/mol. The maximum absolute atomic E-state index is 13.0. The molecule has 2 heterocycles. The highest BCUT2D eigenvalue weighted by Gasteiger charge is 2.37. The molecule has 2 aliphatic heterocycles. The van der Waals surface area contributed by atoms with E-state index in [-0.39, 0.29) is 11.9 Å². The molecular weight excluding hydrogens is 350 g/mol. The molecule has 0 aromatic heterocycles. The minimum absolute atomic E-state index is 0.0376. The van der Waals surface area contributed by atoms with Gasteiger partial charge in [-0.25, -0.2) is 0 Å². The molecule has 0 amide bonds. The Morgan fingerprint density at radius 3 is 2.75 bits per heavy atom. The summed E-state index contributed by atoms with van der Waals surface area (Å²) in [5, 5.41) is 0. The normalized spacial score (nSPS) is 21.1. The van der Waals surface area contributed by atoms with Crippen molar-refractivity contribution in [3.63, 3.8) is 0 Å². The van der Waals surface area contributed by atoms with Crippen LogP contribution in [0, 0.1) is 6.92 Å². The number of ketones is 1. The summed E-state index contributed by atoms with van der Waals surface area (Å²) in [5.41, 5.74) is 5.00. The molecule has 1 saturated carbocycles. The van der Waals surface area contributed by atoms with Gasteiger partial charge in [0, 0.05) is 17.7 Å². The van der Waals surface area contributed by atoms with E-state index in [9.17, 15) is 4.79 Å². The molecule has 0 bridgehead atoms. The Kier molecular flexibility index (Phi) is 4.42. The molecule has 1 fully saturated rings. The van der Waals surface area contributed by atoms with E-state index in [2.05, 4.69) is 17.1 Å². The molecule has 2 aromatic carbocycles. The zero-order valence-electron chi connectivity index (χ0n) is 16.2. The van der Waals surface area contributed by atoms with Crippen LogP contribution in [0.3, 0.4) is 0 Å². The average Bonchev–Trinajstić information content (AvgIpc) is 3.27. The third-order valence-electron chi connectivity index (χ3n) is 6.11. The van der Waals surface area contributed by atoms with E-state index in [4.69, 9.17) is 9.47 Å². The SMILES string of the molecule is Cc1ccc2c(c1OC1CCCCC1)OC(CC1=NCc3ccccc31)C2=O. The molecular formula is C24H25NO3. The molecule has 0 radical (unpaired) electrons. The standard InChI is InChI=1S/C24H25NO3/c1-15-11-12-19-22(26)21(13-20-18-10-6-5-7-16(18)14-25-20)28-24(19)23(15)27-17-8-3-2-4-9-17/h5-7,10-12,17,21H,2-4,8-9,13-14H2,1H3. The molecule has 1 unspecified atom stereocenters. The number of carbonyl (C=O) groups is 1. The fourth-order valence-corrected chi connectivity index (χ4v) is 4.53. The van der Waals surface area contributed by atoms with Crippen molar-refractivity contribution in [2.45, 2.75) is 64.2 Å². The predicted molar refractivity (Wildman–Crippen MR) is 109 cm³/mol. The van der Waals surface area contributed by atoms with Crippen LogP contribution in [-0.2, 0) is 6.54 Å². The molecule has 2 aromatic rings. The van der Waals surface area contributed by atoms with E-state index in [1.165, 1.54) is 24.8 Å². The van der Waals surface area contributed by atoms with E-state index in [0.717, 1.165) is 35.4 Å². The fraction of sp³-hybridized carbons (Fsp3) is 0.417. The number of fused-ring (bicyclic) bond motifs is 2. The zero-order valence-corrected chi connectivity index (χ0v) is 16.2. The Balaban J connectivity index is 1.39. The third kappa shape index (κ3) is 3.01. The number of carbonyl (C=O) groups excluding carboxylic acids is 1. The van der Waals surface area contributed by atoms with E-state index < -0.39 is 6.10 Å². The largest absolute Gasteiger partial charge is 0.486 e. The number of Topliss-reactive ketones (excluding diaryl/α,β-unsaturated/α-hetero) is 1. The summed E-state index contributed by atoms with van der Waals surface area (Å²) in [6.07, 6.45) is 6.07. The maximum Gasteiger partial charge on any atom is 0.207 e. The van der Waals surface area contributed by atoms with Crippen molar-refractivity contribution in [2.24, 2.45) is 4.99 Å². The van der Waals surface area contributed by atoms with Gasteiger partial charge in [0.25, 0.3) is 0 Å². The topological polar surface area (TPSA) is 47.9 Å². The summed E-state index contributed by atoms with van der Waals surface area (Å²) in [6, 6.07) is 12.1. The highest BCUT2D eigenvalue weighted by molar-refractivity contribution is 6.11. The van der Waals surface area contributed by atoms with Crippen molar-refractivity contribution in [1.29, 1.82) is 0 Å². The molecule has 1 aliphatic carbocycles. The molecule has 1 atom stereocenters. The number of rotatable bonds is 4. The number of hydrogen-bond donors (Lipinski definition) is 0. The lowest BCUT2D eigenvalue weighted by Crippen LogP contribution is -2.24. The van der Waals surface area contributed by atoms with Crippen LogP contribution in [-0.4, -0.2) is 23.7 Å². The lowest BCUT2D eigenvalue weighted by molar-refractivity contribution is 0.0859. The van der Waals surface area contributed by atoms with E-state index in [1.807, 2.05) is 31.2 Å². The molecule has 0 spiro atoms. The van der Waals surface area contributed by atoms with Crippen LogP contribution in [0.4, 0.5) is 0 Å². The summed E-state index contributed by atoms with van der Waals surface area (Å²) in [6.45, 7) is 2.71. The number of hydrogen-bond acceptors (Lipinski definition) is 4. The Labute approximate surface area is 165 Å². The number of benzene rings is 2. The highest BCUT2D eigenvalue weighted by atomic mass is 16.5. The fourth-order valence-electron chi connectivity index (χ4n) is 4.53. The Morgan fingerprint density at radius 1 is 1.07 bits per heavy atom. The summed E-state index contributed by atoms with van der Waals surface area (Å²) < 4.78 is 12.5. The lowest BCUT2D eigenvalue weighted by Gasteiger charge is -2.25. The van der Waals surface area contributed by atoms with Gasteiger partial charge in [-0.2, -0.15) is 0 Å². The van der Waals surface area contributed by atoms with Crippen molar-refractivity contribution in [1.82, 2.24) is 0 Å². The predicted octanol–water partition coefficient (Wildman–Crippen LogP) is 5.04. The van der Waals surface area contributed by atoms with Crippen LogP contribution in [0.15, 0.2) is 41.4 Å². The van der Waals surface area contributed by atoms with Crippen molar-refractivity contribution >= 4 is 11.5 Å². The summed E-state index contributed by atoms with van der Waals surface area (Å²) in [5.74, 6) is 1.43. The molecule has 4 heteroatoms. The summed E-state index contributed by atoms with van der Waals surface area (Å²) >= 11 is 0. The van der Waals surface area contributed by atoms with Gasteiger partial charge in [0.2, 0.25) is 5.78 Å². The van der Waals surface area contributed by atoms with Gasteiger partial charge < -0.3 is 9.47 Å². The molecule has 28 heavy (non-hydrogen) atoms. The summed E-state index contributed by atoms with van der Waals surface area (Å²) in [7, 11) is 0. The van der Waals surface area contributed by atoms with Crippen molar-refractivity contribution in [2.75, 3.05) is 0 Å². The second-order valence-corrected chi connectivity index (χ2v) is 8.06. The first-order valence-corrected chi connectivity index (χ1v) is 10.3. The van der Waals surface area contributed by atoms with Crippen LogP contribution in [0.1, 0.15) is 65.6 Å². The first-order chi connectivity index (χ1) is 13.7. The number of ether oxygens (including phenoxy) is 2. The van der Waals surface area contributed by atoms with Crippen molar-refractivity contribution in [3.8, 4) is 11.5 Å². The third-order valence-corrected chi connectivity index (χ3v) is 6.11. The van der Waals surface area contributed by atoms with Crippen LogP contribution in [0.5, 0.6) is 11.5 Å². The highest BCUT2D eigenvalue weighted by Crippen LogP contribution is 2.43. The lowest BCUT2D eigenvalue weighted by atomic mass is 9.97. The monoisotopic (exact) mass is 375 g/mol. The van der Waals surface area contributed by atoms with Gasteiger partial charge in [0.05, 0.1) is 18.2 Å². The second kappa shape index (κ2) is 7.08. The minimum Gasteiger partial charge on any atom is -0.486 e. The van der Waals surface area contributed by atoms with Crippen molar-refractivity contribution in [3.05, 3.63) is 58.7 Å². The van der Waals surface area contributed by atoms with Gasteiger partial charge >= 0.3 is 0 Å². The number of nitrogens with zero attached hydrogens (tertiary/aromatic N) is 1. The molecule has 4 nitrogen and oxygen atoms in total. The van der Waals surface area contributed by atoms with Gasteiger partial charge in [-0.15, -0.1) is 0 Å². The Morgan fingerprint density at radius 2 is 1.89 bits per heavy atom. The Bertz CT molecular complexity index is 956. The summed E-state index contributed by atoms with van der Waals surface area (Å²) in [4.78, 5) is 17.7. The molecule has 144 valence electrons. The molecule has 0 N–H and O–H groups in total. The van der Waals surface area contributed by atoms with Gasteiger partial charge in [0.15, 0.2) is 17.6 Å². The van der Waals surface area contributed by atoms with Crippen LogP contribution in [0.25, 0.3) is 0 Å². The van der Waals surface area contributed by atoms with Gasteiger partial charge in [0.1, 0.15) is 0 Å². The first-order valence-electron chi connectivity index (χ1n) is 10.3. The quantitative estimate of drug-likeness (QED) is 0.752. The molecule has 3 aliphatic rings.